The summed E-state index contributed by atoms with van der Waals surface area (Å²) in [4.78, 5) is 11.9. The van der Waals surface area contributed by atoms with E-state index in [2.05, 4.69) is 12.2 Å². The van der Waals surface area contributed by atoms with Gasteiger partial charge in [0.05, 0.1) is 12.5 Å². The smallest absolute Gasteiger partial charge is 0.222 e. The van der Waals surface area contributed by atoms with Crippen molar-refractivity contribution in [1.29, 1.82) is 0 Å². The van der Waals surface area contributed by atoms with Crippen LogP contribution in [0, 0.1) is 17.7 Å². The summed E-state index contributed by atoms with van der Waals surface area (Å²) in [5.41, 5.74) is 0.441. The van der Waals surface area contributed by atoms with E-state index in [4.69, 9.17) is 0 Å². The average molecular weight is 293 g/mol. The van der Waals surface area contributed by atoms with Crippen LogP contribution in [0.1, 0.15) is 50.7 Å². The van der Waals surface area contributed by atoms with Gasteiger partial charge in [-0.3, -0.25) is 4.79 Å². The second-order valence-electron chi connectivity index (χ2n) is 6.20. The van der Waals surface area contributed by atoms with Crippen LogP contribution in [0.15, 0.2) is 24.3 Å². The van der Waals surface area contributed by atoms with Crippen LogP contribution in [0.5, 0.6) is 0 Å². The van der Waals surface area contributed by atoms with E-state index in [0.717, 1.165) is 18.8 Å². The number of rotatable bonds is 5. The van der Waals surface area contributed by atoms with Crippen molar-refractivity contribution in [3.63, 3.8) is 0 Å². The van der Waals surface area contributed by atoms with E-state index in [1.807, 2.05) is 0 Å². The van der Waals surface area contributed by atoms with Crippen LogP contribution in [0.3, 0.4) is 0 Å². The summed E-state index contributed by atoms with van der Waals surface area (Å²) < 4.78 is 13.1. The maximum Gasteiger partial charge on any atom is 0.222 e. The second kappa shape index (κ2) is 7.55. The number of halogens is 1. The summed E-state index contributed by atoms with van der Waals surface area (Å²) in [7, 11) is 0. The summed E-state index contributed by atoms with van der Waals surface area (Å²) in [6, 6.07) is 5.75. The molecule has 1 atom stereocenters. The van der Waals surface area contributed by atoms with Gasteiger partial charge in [0.1, 0.15) is 5.82 Å². The molecule has 0 spiro atoms. The summed E-state index contributed by atoms with van der Waals surface area (Å²) in [6.45, 7) is 2.95. The zero-order valence-corrected chi connectivity index (χ0v) is 12.5. The third-order valence-electron chi connectivity index (χ3n) is 4.34. The first kappa shape index (κ1) is 16.0. The number of amides is 1. The van der Waals surface area contributed by atoms with Gasteiger partial charge < -0.3 is 10.4 Å². The molecule has 2 N–H and O–H groups in total. The molecule has 3 nitrogen and oxygen atoms in total. The maximum atomic E-state index is 13.1. The lowest BCUT2D eigenvalue weighted by molar-refractivity contribution is -0.123. The molecule has 0 bridgehead atoms. The number of aliphatic hydroxyl groups excluding tert-OH is 1. The van der Waals surface area contributed by atoms with Crippen molar-refractivity contribution in [2.45, 2.75) is 45.1 Å². The first-order chi connectivity index (χ1) is 10.0. The van der Waals surface area contributed by atoms with Gasteiger partial charge in [0.15, 0.2) is 0 Å². The lowest BCUT2D eigenvalue weighted by atomic mass is 9.83. The SMILES string of the molecule is CC1CCC(CNC(=O)CC(O)c2cccc(F)c2)CC1. The molecule has 116 valence electrons. The van der Waals surface area contributed by atoms with Crippen LogP contribution in [0.2, 0.25) is 0 Å². The van der Waals surface area contributed by atoms with Gasteiger partial charge >= 0.3 is 0 Å². The molecule has 21 heavy (non-hydrogen) atoms. The average Bonchev–Trinajstić information content (AvgIpc) is 2.46. The van der Waals surface area contributed by atoms with Crippen LogP contribution < -0.4 is 5.32 Å². The zero-order valence-electron chi connectivity index (χ0n) is 12.5. The third-order valence-corrected chi connectivity index (χ3v) is 4.34. The minimum absolute atomic E-state index is 0.0213. The first-order valence-corrected chi connectivity index (χ1v) is 7.75. The Balaban J connectivity index is 1.74. The Morgan fingerprint density at radius 3 is 2.76 bits per heavy atom. The summed E-state index contributed by atoms with van der Waals surface area (Å²) in [6.07, 6.45) is 3.81. The molecule has 1 fully saturated rings. The molecule has 1 unspecified atom stereocenters. The Labute approximate surface area is 125 Å². The van der Waals surface area contributed by atoms with Crippen molar-refractivity contribution in [2.24, 2.45) is 11.8 Å². The number of carbonyl (C=O) groups excluding carboxylic acids is 1. The van der Waals surface area contributed by atoms with Gasteiger partial charge in [-0.25, -0.2) is 4.39 Å². The summed E-state index contributed by atoms with van der Waals surface area (Å²) >= 11 is 0. The minimum Gasteiger partial charge on any atom is -0.388 e. The predicted molar refractivity (Wildman–Crippen MR) is 80.1 cm³/mol. The number of nitrogens with one attached hydrogen (secondary N) is 1. The zero-order chi connectivity index (χ0) is 15.2. The van der Waals surface area contributed by atoms with Crippen molar-refractivity contribution in [2.75, 3.05) is 6.54 Å². The number of aliphatic hydroxyl groups is 1. The molecular weight excluding hydrogens is 269 g/mol. The molecule has 0 aromatic heterocycles. The van der Waals surface area contributed by atoms with E-state index >= 15 is 0 Å². The van der Waals surface area contributed by atoms with Crippen LogP contribution in [-0.2, 0) is 4.79 Å². The van der Waals surface area contributed by atoms with E-state index < -0.39 is 11.9 Å². The summed E-state index contributed by atoms with van der Waals surface area (Å²) in [5, 5.41) is 12.8. The molecule has 1 aromatic carbocycles. The van der Waals surface area contributed by atoms with Crippen molar-refractivity contribution in [1.82, 2.24) is 5.32 Å². The molecule has 0 heterocycles. The predicted octanol–water partition coefficient (Wildman–Crippen LogP) is 3.19. The topological polar surface area (TPSA) is 49.3 Å². The second-order valence-corrected chi connectivity index (χ2v) is 6.20. The number of carbonyl (C=O) groups is 1. The van der Waals surface area contributed by atoms with Gasteiger partial charge in [-0.2, -0.15) is 0 Å². The van der Waals surface area contributed by atoms with Gasteiger partial charge in [0.2, 0.25) is 5.91 Å². The van der Waals surface area contributed by atoms with Gasteiger partial charge in [-0.1, -0.05) is 31.9 Å². The van der Waals surface area contributed by atoms with Crippen LogP contribution >= 0.6 is 0 Å². The fraction of sp³-hybridized carbons (Fsp3) is 0.588. The van der Waals surface area contributed by atoms with Gasteiger partial charge in [-0.15, -0.1) is 0 Å². The molecule has 0 aliphatic heterocycles. The maximum absolute atomic E-state index is 13.1. The van der Waals surface area contributed by atoms with E-state index in [-0.39, 0.29) is 12.3 Å². The van der Waals surface area contributed by atoms with E-state index in [1.54, 1.807) is 6.07 Å². The standard InChI is InChI=1S/C17H24FNO2/c1-12-5-7-13(8-6-12)11-19-17(21)10-16(20)14-3-2-4-15(18)9-14/h2-4,9,12-13,16,20H,5-8,10-11H2,1H3,(H,19,21). The fourth-order valence-electron chi connectivity index (χ4n) is 2.87. The molecule has 1 saturated carbocycles. The molecule has 0 radical (unpaired) electrons. The molecule has 1 aromatic rings. The Hall–Kier alpha value is -1.42. The number of benzene rings is 1. The molecule has 0 saturated heterocycles. The van der Waals surface area contributed by atoms with Crippen molar-refractivity contribution < 1.29 is 14.3 Å². The van der Waals surface area contributed by atoms with Gasteiger partial charge in [0.25, 0.3) is 0 Å². The van der Waals surface area contributed by atoms with E-state index in [9.17, 15) is 14.3 Å². The Bertz CT molecular complexity index is 470. The van der Waals surface area contributed by atoms with Gasteiger partial charge in [0, 0.05) is 6.54 Å². The highest BCUT2D eigenvalue weighted by molar-refractivity contribution is 5.76. The highest BCUT2D eigenvalue weighted by Gasteiger charge is 2.19. The highest BCUT2D eigenvalue weighted by Crippen LogP contribution is 2.27. The normalized spacial score (nSPS) is 23.6. The van der Waals surface area contributed by atoms with Crippen molar-refractivity contribution >= 4 is 5.91 Å². The Morgan fingerprint density at radius 2 is 2.10 bits per heavy atom. The largest absolute Gasteiger partial charge is 0.388 e. The molecule has 4 heteroatoms. The molecule has 1 amide bonds. The van der Waals surface area contributed by atoms with E-state index in [1.165, 1.54) is 31.0 Å². The van der Waals surface area contributed by atoms with Crippen LogP contribution in [0.25, 0.3) is 0 Å². The molecule has 2 rings (SSSR count). The van der Waals surface area contributed by atoms with Crippen LogP contribution in [0.4, 0.5) is 4.39 Å². The number of hydrogen-bond acceptors (Lipinski definition) is 2. The Morgan fingerprint density at radius 1 is 1.38 bits per heavy atom. The quantitative estimate of drug-likeness (QED) is 0.876. The monoisotopic (exact) mass is 293 g/mol. The van der Waals surface area contributed by atoms with E-state index in [0.29, 0.717) is 18.0 Å². The molecule has 1 aliphatic carbocycles. The third kappa shape index (κ3) is 5.12. The fourth-order valence-corrected chi connectivity index (χ4v) is 2.87. The summed E-state index contributed by atoms with van der Waals surface area (Å²) in [5.74, 6) is 0.775. The van der Waals surface area contributed by atoms with Crippen molar-refractivity contribution in [3.8, 4) is 0 Å². The molecular formula is C17H24FNO2. The highest BCUT2D eigenvalue weighted by atomic mass is 19.1. The molecule has 1 aliphatic rings. The number of hydrogen-bond donors (Lipinski definition) is 2. The minimum atomic E-state index is -0.952. The Kier molecular flexibility index (Phi) is 5.74. The van der Waals surface area contributed by atoms with Gasteiger partial charge in [-0.05, 0) is 42.4 Å². The van der Waals surface area contributed by atoms with Crippen molar-refractivity contribution in [3.05, 3.63) is 35.6 Å². The first-order valence-electron chi connectivity index (χ1n) is 7.75. The lowest BCUT2D eigenvalue weighted by Gasteiger charge is -2.26. The van der Waals surface area contributed by atoms with Crippen LogP contribution in [-0.4, -0.2) is 17.6 Å². The lowest BCUT2D eigenvalue weighted by Crippen LogP contribution is -2.31.